The summed E-state index contributed by atoms with van der Waals surface area (Å²) in [5.74, 6) is 2.16. The average Bonchev–Trinajstić information content (AvgIpc) is 3.45. The largest absolute Gasteiger partial charge is 0.489 e. The molecule has 0 amide bonds. The van der Waals surface area contributed by atoms with Crippen LogP contribution in [0.2, 0.25) is 0 Å². The van der Waals surface area contributed by atoms with Gasteiger partial charge in [-0.1, -0.05) is 48.8 Å². The fourth-order valence-corrected chi connectivity index (χ4v) is 4.98. The van der Waals surface area contributed by atoms with Gasteiger partial charge in [-0.3, -0.25) is 19.4 Å². The number of H-pyrrole nitrogens is 1. The average molecular weight is 588 g/mol. The number of aliphatic hydroxyl groups excluding tert-OH is 1. The van der Waals surface area contributed by atoms with Crippen LogP contribution in [0.5, 0.6) is 5.75 Å². The van der Waals surface area contributed by atoms with E-state index in [0.29, 0.717) is 47.6 Å². The van der Waals surface area contributed by atoms with Gasteiger partial charge in [0, 0.05) is 40.8 Å². The number of nitrogens with zero attached hydrogens (tertiary/aromatic N) is 6. The molecule has 1 atom stereocenters. The lowest BCUT2D eigenvalue weighted by atomic mass is 9.97. The Morgan fingerprint density at radius 2 is 1.88 bits per heavy atom. The van der Waals surface area contributed by atoms with Gasteiger partial charge in [0.05, 0.1) is 24.7 Å². The summed E-state index contributed by atoms with van der Waals surface area (Å²) in [4.78, 5) is 34.3. The second-order valence-corrected chi connectivity index (χ2v) is 10.7. The zero-order valence-corrected chi connectivity index (χ0v) is 24.6. The SMILES string of the molecule is CCCCC1=C(Cc2ccc(-c3ccccc3-c3noc(=O)[nH]3)nc2)C(O)N(c2ncc(OCCSC)cn2)C(C)=N1. The number of anilines is 1. The Balaban J connectivity index is 1.40. The molecule has 5 rings (SSSR count). The molecule has 0 aliphatic carbocycles. The van der Waals surface area contributed by atoms with E-state index < -0.39 is 12.0 Å². The van der Waals surface area contributed by atoms with Gasteiger partial charge in [0.1, 0.15) is 5.84 Å². The van der Waals surface area contributed by atoms with Crippen LogP contribution in [0.4, 0.5) is 5.95 Å². The number of thioether (sulfide) groups is 1. The van der Waals surface area contributed by atoms with E-state index in [1.165, 1.54) is 0 Å². The van der Waals surface area contributed by atoms with Crippen molar-refractivity contribution in [3.63, 3.8) is 0 Å². The number of aromatic amines is 1. The molecule has 12 heteroatoms. The van der Waals surface area contributed by atoms with Crippen molar-refractivity contribution in [1.82, 2.24) is 25.1 Å². The minimum absolute atomic E-state index is 0.340. The van der Waals surface area contributed by atoms with Crippen molar-refractivity contribution in [2.75, 3.05) is 23.5 Å². The Morgan fingerprint density at radius 3 is 2.55 bits per heavy atom. The number of rotatable bonds is 12. The number of amidine groups is 1. The van der Waals surface area contributed by atoms with Crippen LogP contribution in [0.3, 0.4) is 0 Å². The molecule has 2 N–H and O–H groups in total. The van der Waals surface area contributed by atoms with Crippen LogP contribution in [0.1, 0.15) is 38.7 Å². The fourth-order valence-electron chi connectivity index (χ4n) is 4.73. The van der Waals surface area contributed by atoms with Gasteiger partial charge in [0.15, 0.2) is 17.8 Å². The van der Waals surface area contributed by atoms with Crippen LogP contribution in [-0.2, 0) is 6.42 Å². The summed E-state index contributed by atoms with van der Waals surface area (Å²) >= 11 is 1.70. The molecular weight excluding hydrogens is 554 g/mol. The number of hydrogen-bond donors (Lipinski definition) is 2. The highest BCUT2D eigenvalue weighted by molar-refractivity contribution is 7.98. The fraction of sp³-hybridized carbons (Fsp3) is 0.333. The number of nitrogens with one attached hydrogen (secondary N) is 1. The van der Waals surface area contributed by atoms with Crippen molar-refractivity contribution in [2.24, 2.45) is 4.99 Å². The lowest BCUT2D eigenvalue weighted by Crippen LogP contribution is -2.44. The maximum Gasteiger partial charge on any atom is 0.439 e. The monoisotopic (exact) mass is 587 g/mol. The number of aromatic nitrogens is 5. The highest BCUT2D eigenvalue weighted by Gasteiger charge is 2.31. The molecule has 0 bridgehead atoms. The quantitative estimate of drug-likeness (QED) is 0.220. The standard InChI is InChI=1S/C30H33N7O4S/c1-4-5-10-26-24(28(38)37(19(2)34-26)29-32-17-21(18-33-29)40-13-14-42-3)15-20-11-12-25(31-16-20)22-8-6-7-9-23(22)27-35-30(39)41-36-27/h6-9,11-12,16-18,28,38H,4-5,10,13-15H2,1-3H3,(H,35,36,39). The molecule has 0 radical (unpaired) electrons. The van der Waals surface area contributed by atoms with Crippen LogP contribution in [-0.4, -0.2) is 60.9 Å². The first kappa shape index (κ1) is 29.2. The molecule has 4 heterocycles. The molecule has 3 aromatic heterocycles. The molecule has 1 aliphatic heterocycles. The predicted molar refractivity (Wildman–Crippen MR) is 164 cm³/mol. The highest BCUT2D eigenvalue weighted by atomic mass is 32.2. The van der Waals surface area contributed by atoms with E-state index in [-0.39, 0.29) is 0 Å². The Morgan fingerprint density at radius 1 is 1.10 bits per heavy atom. The maximum atomic E-state index is 11.6. The third-order valence-corrected chi connectivity index (χ3v) is 7.42. The van der Waals surface area contributed by atoms with E-state index in [4.69, 9.17) is 19.2 Å². The summed E-state index contributed by atoms with van der Waals surface area (Å²) in [5.41, 5.74) is 4.80. The number of unbranched alkanes of at least 4 members (excludes halogenated alkanes) is 1. The van der Waals surface area contributed by atoms with Gasteiger partial charge in [-0.05, 0) is 37.7 Å². The Bertz CT molecular complexity index is 1610. The minimum Gasteiger partial charge on any atom is -0.489 e. The van der Waals surface area contributed by atoms with E-state index >= 15 is 0 Å². The van der Waals surface area contributed by atoms with Gasteiger partial charge in [-0.2, -0.15) is 11.8 Å². The van der Waals surface area contributed by atoms with Crippen LogP contribution in [0.15, 0.2) is 80.6 Å². The Kier molecular flexibility index (Phi) is 9.45. The van der Waals surface area contributed by atoms with Crippen LogP contribution in [0, 0.1) is 0 Å². The number of aliphatic imine (C=N–C) groups is 1. The van der Waals surface area contributed by atoms with E-state index in [2.05, 4.69) is 27.0 Å². The topological polar surface area (TPSA) is 143 Å². The summed E-state index contributed by atoms with van der Waals surface area (Å²) in [5, 5.41) is 15.5. The molecule has 4 aromatic rings. The van der Waals surface area contributed by atoms with Crippen LogP contribution in [0.25, 0.3) is 22.6 Å². The third-order valence-electron chi connectivity index (χ3n) is 6.84. The summed E-state index contributed by atoms with van der Waals surface area (Å²) < 4.78 is 10.4. The zero-order valence-electron chi connectivity index (χ0n) is 23.8. The summed E-state index contributed by atoms with van der Waals surface area (Å²) in [6, 6.07) is 11.4. The molecule has 0 spiro atoms. The van der Waals surface area contributed by atoms with Gasteiger partial charge in [-0.15, -0.1) is 0 Å². The van der Waals surface area contributed by atoms with Gasteiger partial charge < -0.3 is 9.84 Å². The van der Waals surface area contributed by atoms with E-state index in [1.807, 2.05) is 49.6 Å². The number of allylic oxidation sites excluding steroid dienone is 1. The Hall–Kier alpha value is -4.29. The molecule has 0 fully saturated rings. The minimum atomic E-state index is -0.984. The first-order valence-electron chi connectivity index (χ1n) is 13.8. The molecule has 0 saturated carbocycles. The van der Waals surface area contributed by atoms with Crippen LogP contribution >= 0.6 is 11.8 Å². The van der Waals surface area contributed by atoms with Crippen molar-refractivity contribution in [2.45, 2.75) is 45.8 Å². The lowest BCUT2D eigenvalue weighted by Gasteiger charge is -2.34. The van der Waals surface area contributed by atoms with E-state index in [1.54, 1.807) is 35.3 Å². The zero-order chi connectivity index (χ0) is 29.5. The first-order valence-corrected chi connectivity index (χ1v) is 15.2. The maximum absolute atomic E-state index is 11.6. The van der Waals surface area contributed by atoms with Crippen LogP contribution < -0.4 is 15.4 Å². The summed E-state index contributed by atoms with van der Waals surface area (Å²) in [7, 11) is 0. The summed E-state index contributed by atoms with van der Waals surface area (Å²) in [6.45, 7) is 4.56. The second kappa shape index (κ2) is 13.6. The normalized spacial score (nSPS) is 15.2. The molecule has 1 unspecified atom stereocenters. The van der Waals surface area contributed by atoms with Crippen molar-refractivity contribution in [3.05, 3.63) is 82.4 Å². The summed E-state index contributed by atoms with van der Waals surface area (Å²) in [6.07, 6.45) is 9.25. The predicted octanol–water partition coefficient (Wildman–Crippen LogP) is 4.87. The van der Waals surface area contributed by atoms with Crippen molar-refractivity contribution < 1.29 is 14.4 Å². The smallest absolute Gasteiger partial charge is 0.439 e. The molecule has 0 saturated heterocycles. The molecule has 42 heavy (non-hydrogen) atoms. The molecule has 218 valence electrons. The number of pyridine rings is 1. The van der Waals surface area contributed by atoms with Gasteiger partial charge in [-0.25, -0.2) is 19.8 Å². The lowest BCUT2D eigenvalue weighted by molar-refractivity contribution is 0.211. The van der Waals surface area contributed by atoms with Crippen molar-refractivity contribution in [1.29, 1.82) is 0 Å². The van der Waals surface area contributed by atoms with E-state index in [0.717, 1.165) is 47.4 Å². The molecule has 11 nitrogen and oxygen atoms in total. The van der Waals surface area contributed by atoms with E-state index in [9.17, 15) is 9.90 Å². The molecule has 1 aromatic carbocycles. The van der Waals surface area contributed by atoms with Gasteiger partial charge in [0.2, 0.25) is 5.95 Å². The Labute approximate surface area is 247 Å². The van der Waals surface area contributed by atoms with Gasteiger partial charge in [0.25, 0.3) is 0 Å². The van der Waals surface area contributed by atoms with Crippen molar-refractivity contribution in [3.8, 4) is 28.4 Å². The molecule has 1 aliphatic rings. The first-order chi connectivity index (χ1) is 20.5. The van der Waals surface area contributed by atoms with Gasteiger partial charge >= 0.3 is 5.76 Å². The number of aliphatic hydroxyl groups is 1. The third kappa shape index (κ3) is 6.60. The number of benzene rings is 1. The highest BCUT2D eigenvalue weighted by Crippen LogP contribution is 2.32. The number of hydrogen-bond acceptors (Lipinski definition) is 11. The second-order valence-electron chi connectivity index (χ2n) is 9.76. The number of ether oxygens (including phenoxy) is 1. The van der Waals surface area contributed by atoms with Crippen molar-refractivity contribution >= 4 is 23.5 Å². The molecular formula is C30H33N7O4S.